The van der Waals surface area contributed by atoms with Crippen molar-refractivity contribution < 1.29 is 13.0 Å². The van der Waals surface area contributed by atoms with Crippen molar-refractivity contribution in [3.8, 4) is 0 Å². The Bertz CT molecular complexity index is 503. The molecule has 3 nitrogen and oxygen atoms in total. The van der Waals surface area contributed by atoms with Crippen LogP contribution in [0.2, 0.25) is 118 Å². The van der Waals surface area contributed by atoms with Crippen molar-refractivity contribution in [1.29, 1.82) is 0 Å². The summed E-state index contributed by atoms with van der Waals surface area (Å²) < 4.78 is 28.2. The van der Waals surface area contributed by atoms with Gasteiger partial charge in [0, 0.05) is 4.57 Å². The van der Waals surface area contributed by atoms with E-state index in [1.165, 1.54) is 0 Å². The fourth-order valence-corrected chi connectivity index (χ4v) is 211. The van der Waals surface area contributed by atoms with Gasteiger partial charge in [0.15, 0.2) is 0 Å². The first-order chi connectivity index (χ1) is 12.6. The molecule has 0 aliphatic rings. The summed E-state index contributed by atoms with van der Waals surface area (Å²) in [6.45, 7) is 40.4. The Morgan fingerprint density at radius 1 is 0.367 bits per heavy atom. The van der Waals surface area contributed by atoms with Crippen molar-refractivity contribution in [2.45, 2.75) is 118 Å². The monoisotopic (exact) mass is 573 g/mol. The lowest BCUT2D eigenvalue weighted by molar-refractivity contribution is 0.429. The molecule has 0 radical (unpaired) electrons. The smallest absolute Gasteiger partial charge is 0.186 e. The summed E-state index contributed by atoms with van der Waals surface area (Å²) >= 11 is 0. The highest BCUT2D eigenvalue weighted by molar-refractivity contribution is 7.91. The van der Waals surface area contributed by atoms with E-state index < -0.39 is 67.5 Å². The minimum Gasteiger partial charge on any atom is -0.186 e. The third kappa shape index (κ3) is 5.69. The Hall–Kier alpha value is 1.76. The van der Waals surface area contributed by atoms with Gasteiger partial charge in [-0.1, -0.05) is 118 Å². The van der Waals surface area contributed by atoms with Crippen LogP contribution < -0.4 is 0 Å². The SMILES string of the molecule is C[Si](C)(C)[Si](O[P+](=O)O[Si]([Si](C)(C)C)([Si](C)(C)C)[Si](C)(C)C)([Si](C)(C)C)[Si](C)(C)C. The Kier molecular flexibility index (Phi) is 9.61. The number of hydrogen-bond donors (Lipinski definition) is 0. The second-order valence-electron chi connectivity index (χ2n) is 15.3. The maximum Gasteiger partial charge on any atom is 0.671 e. The van der Waals surface area contributed by atoms with Gasteiger partial charge in [0.1, 0.15) is 0 Å². The van der Waals surface area contributed by atoms with Crippen LogP contribution in [-0.4, -0.2) is 59.3 Å². The molecule has 0 fully saturated rings. The third-order valence-electron chi connectivity index (χ3n) is 6.76. The van der Waals surface area contributed by atoms with Gasteiger partial charge >= 0.3 is 8.25 Å². The Labute approximate surface area is 197 Å². The van der Waals surface area contributed by atoms with Crippen LogP contribution in [0.25, 0.3) is 0 Å². The van der Waals surface area contributed by atoms with Crippen molar-refractivity contribution in [1.82, 2.24) is 0 Å². The second kappa shape index (κ2) is 9.08. The molecular weight excluding hydrogens is 520 g/mol. The summed E-state index contributed by atoms with van der Waals surface area (Å²) in [5, 5.41) is 0. The number of rotatable bonds is 10. The maximum atomic E-state index is 14.1. The summed E-state index contributed by atoms with van der Waals surface area (Å²) in [6, 6.07) is 0. The highest BCUT2D eigenvalue weighted by Crippen LogP contribution is 2.49. The lowest BCUT2D eigenvalue weighted by Gasteiger charge is -2.53. The fourth-order valence-electron chi connectivity index (χ4n) is 7.81. The molecule has 0 aromatic rings. The molecule has 0 N–H and O–H groups in total. The molecule has 0 amide bonds. The van der Waals surface area contributed by atoms with Crippen molar-refractivity contribution >= 4 is 67.5 Å². The van der Waals surface area contributed by atoms with Gasteiger partial charge in [0.25, 0.3) is 0 Å². The molecule has 0 spiro atoms. The molecule has 30 heavy (non-hydrogen) atoms. The van der Waals surface area contributed by atoms with E-state index in [2.05, 4.69) is 118 Å². The Balaban J connectivity index is 6.78. The zero-order chi connectivity index (χ0) is 25.0. The van der Waals surface area contributed by atoms with Crippen LogP contribution in [-0.2, 0) is 13.0 Å². The van der Waals surface area contributed by atoms with Crippen LogP contribution in [0.5, 0.6) is 0 Å². The summed E-state index contributed by atoms with van der Waals surface area (Å²) in [4.78, 5) is 0. The maximum absolute atomic E-state index is 14.1. The van der Waals surface area contributed by atoms with Crippen LogP contribution in [0, 0.1) is 0 Å². The van der Waals surface area contributed by atoms with E-state index in [0.717, 1.165) is 0 Å². The molecule has 0 aromatic carbocycles. The molecule has 0 aromatic heterocycles. The molecule has 12 heteroatoms. The molecule has 0 bridgehead atoms. The van der Waals surface area contributed by atoms with Crippen molar-refractivity contribution in [2.75, 3.05) is 0 Å². The van der Waals surface area contributed by atoms with Crippen LogP contribution in [0.1, 0.15) is 0 Å². The molecule has 180 valence electrons. The molecule has 0 rings (SSSR count). The van der Waals surface area contributed by atoms with Crippen molar-refractivity contribution in [2.24, 2.45) is 0 Å². The average molecular weight is 574 g/mol. The van der Waals surface area contributed by atoms with E-state index in [9.17, 15) is 4.57 Å². The second-order valence-corrected chi connectivity index (χ2v) is 95.6. The molecule has 0 aliphatic carbocycles. The summed E-state index contributed by atoms with van der Waals surface area (Å²) in [7, 11) is -12.0. The Morgan fingerprint density at radius 3 is 0.600 bits per heavy atom. The van der Waals surface area contributed by atoms with Gasteiger partial charge < -0.3 is 0 Å². The first-order valence-corrected chi connectivity index (χ1v) is 43.4. The van der Waals surface area contributed by atoms with Gasteiger partial charge in [-0.05, 0) is 0 Å². The van der Waals surface area contributed by atoms with Gasteiger partial charge in [0.05, 0.1) is 45.5 Å². The largest absolute Gasteiger partial charge is 0.671 e. The third-order valence-corrected chi connectivity index (χ3v) is 147. The molecule has 0 unspecified atom stereocenters. The fraction of sp³-hybridized carbons (Fsp3) is 1.00. The molecule has 0 aliphatic heterocycles. The lowest BCUT2D eigenvalue weighted by atomic mass is 11.8. The molecule has 0 saturated heterocycles. The van der Waals surface area contributed by atoms with Crippen LogP contribution in [0.15, 0.2) is 0 Å². The van der Waals surface area contributed by atoms with Gasteiger partial charge in [-0.25, -0.2) is 0 Å². The predicted molar refractivity (Wildman–Crippen MR) is 161 cm³/mol. The summed E-state index contributed by atoms with van der Waals surface area (Å²) in [5.41, 5.74) is 0. The first-order valence-electron chi connectivity index (χ1n) is 11.5. The molecule has 0 heterocycles. The van der Waals surface area contributed by atoms with E-state index in [1.807, 2.05) is 0 Å². The van der Waals surface area contributed by atoms with E-state index in [0.29, 0.717) is 0 Å². The standard InChI is InChI=1S/C18H54O3PSi8/c1-23(2,3)29(24(4,5)6,25(7,8)9)20-22(19)21-30(26(10,11)12,27(13,14)15)28(16,17)18/h1-18H3/q+1. The minimum absolute atomic E-state index is 1.66. The zero-order valence-electron chi connectivity index (χ0n) is 23.7. The Morgan fingerprint density at radius 2 is 0.500 bits per heavy atom. The van der Waals surface area contributed by atoms with Crippen molar-refractivity contribution in [3.05, 3.63) is 0 Å². The average Bonchev–Trinajstić information content (AvgIpc) is 2.33. The van der Waals surface area contributed by atoms with Gasteiger partial charge in [-0.2, -0.15) is 8.43 Å². The van der Waals surface area contributed by atoms with Crippen LogP contribution in [0.4, 0.5) is 0 Å². The lowest BCUT2D eigenvalue weighted by Crippen LogP contribution is -2.85. The van der Waals surface area contributed by atoms with Crippen molar-refractivity contribution in [3.63, 3.8) is 0 Å². The topological polar surface area (TPSA) is 35.5 Å². The highest BCUT2D eigenvalue weighted by Gasteiger charge is 2.73. The summed E-state index contributed by atoms with van der Waals surface area (Å²) in [5.74, 6) is 0. The normalized spacial score (nSPS) is 16.1. The van der Waals surface area contributed by atoms with E-state index >= 15 is 0 Å². The van der Waals surface area contributed by atoms with E-state index in [-0.39, 0.29) is 0 Å². The van der Waals surface area contributed by atoms with Crippen LogP contribution >= 0.6 is 8.25 Å². The van der Waals surface area contributed by atoms with E-state index in [4.69, 9.17) is 8.43 Å². The highest BCUT2D eigenvalue weighted by atomic mass is 31.1. The van der Waals surface area contributed by atoms with Gasteiger partial charge in [-0.3, -0.25) is 0 Å². The first kappa shape index (κ1) is 31.8. The minimum atomic E-state index is -2.16. The molecule has 0 saturated carbocycles. The van der Waals surface area contributed by atoms with Gasteiger partial charge in [-0.15, -0.1) is 0 Å². The molecular formula is C18H54O3PSi8+. The van der Waals surface area contributed by atoms with Gasteiger partial charge in [0.2, 0.25) is 13.7 Å². The van der Waals surface area contributed by atoms with E-state index in [1.54, 1.807) is 0 Å². The quantitative estimate of drug-likeness (QED) is 0.196. The predicted octanol–water partition coefficient (Wildman–Crippen LogP) is 8.07. The molecule has 0 atom stereocenters. The number of hydrogen-bond acceptors (Lipinski definition) is 3. The zero-order valence-corrected chi connectivity index (χ0v) is 32.6. The van der Waals surface area contributed by atoms with Crippen LogP contribution in [0.3, 0.4) is 0 Å². The summed E-state index contributed by atoms with van der Waals surface area (Å²) in [6.07, 6.45) is 0.